The van der Waals surface area contributed by atoms with Crippen LogP contribution in [0.3, 0.4) is 0 Å². The number of piperidine rings is 1. The number of aryl methyl sites for hydroxylation is 1. The van der Waals surface area contributed by atoms with Gasteiger partial charge in [-0.05, 0) is 61.8 Å². The number of carboxylic acids is 1. The molecule has 39 heavy (non-hydrogen) atoms. The van der Waals surface area contributed by atoms with Crippen molar-refractivity contribution in [3.63, 3.8) is 0 Å². The number of halogens is 3. The van der Waals surface area contributed by atoms with E-state index >= 15 is 0 Å². The van der Waals surface area contributed by atoms with Crippen LogP contribution in [0.15, 0.2) is 41.0 Å². The van der Waals surface area contributed by atoms with Crippen LogP contribution in [-0.2, 0) is 15.0 Å². The Balaban J connectivity index is 0.000000448. The molecular formula is C28H34F3N3O5. The number of fused-ring (bicyclic) bond motifs is 2. The molecule has 1 N–H and O–H groups in total. The second-order valence-corrected chi connectivity index (χ2v) is 10.6. The molecule has 1 spiro atoms. The van der Waals surface area contributed by atoms with Crippen LogP contribution >= 0.6 is 0 Å². The largest absolute Gasteiger partial charge is 0.490 e. The maximum Gasteiger partial charge on any atom is 0.490 e. The van der Waals surface area contributed by atoms with Gasteiger partial charge in [-0.15, -0.1) is 0 Å². The van der Waals surface area contributed by atoms with Crippen LogP contribution in [0.4, 0.5) is 13.2 Å². The summed E-state index contributed by atoms with van der Waals surface area (Å²) in [4.78, 5) is 41.2. The molecule has 2 amide bonds. The Bertz CT molecular complexity index is 1200. The first-order valence-electron chi connectivity index (χ1n) is 13.1. The number of likely N-dealkylation sites (N-methyl/N-ethyl adjacent to an activating group) is 1. The smallest absolute Gasteiger partial charge is 0.475 e. The van der Waals surface area contributed by atoms with Crippen LogP contribution in [0.2, 0.25) is 0 Å². The number of hydrogen-bond donors (Lipinski definition) is 1. The molecule has 1 aromatic heterocycles. The van der Waals surface area contributed by atoms with E-state index in [1.807, 2.05) is 16.7 Å². The monoisotopic (exact) mass is 549 g/mol. The van der Waals surface area contributed by atoms with Gasteiger partial charge in [0.1, 0.15) is 5.76 Å². The Morgan fingerprint density at radius 2 is 1.62 bits per heavy atom. The topological polar surface area (TPSA) is 94.3 Å². The number of carbonyl (C=O) groups excluding carboxylic acids is 2. The molecule has 1 atom stereocenters. The number of hydrogen-bond acceptors (Lipinski definition) is 5. The number of alkyl halides is 3. The minimum atomic E-state index is -5.08. The average molecular weight is 550 g/mol. The van der Waals surface area contributed by atoms with Gasteiger partial charge < -0.3 is 24.2 Å². The number of carboxylic acid groups (broad SMARTS) is 1. The fraction of sp³-hybridized carbons (Fsp3) is 0.536. The molecule has 3 heterocycles. The number of benzene rings is 1. The third-order valence-corrected chi connectivity index (χ3v) is 8.23. The molecule has 2 aromatic rings. The molecule has 2 fully saturated rings. The Morgan fingerprint density at radius 3 is 2.18 bits per heavy atom. The summed E-state index contributed by atoms with van der Waals surface area (Å²) in [6.45, 7) is 6.91. The second-order valence-electron chi connectivity index (χ2n) is 10.6. The summed E-state index contributed by atoms with van der Waals surface area (Å²) in [5, 5.41) is 7.12. The summed E-state index contributed by atoms with van der Waals surface area (Å²) in [5.74, 6) is -1.44. The fourth-order valence-electron chi connectivity index (χ4n) is 5.99. The first-order valence-corrected chi connectivity index (χ1v) is 13.1. The number of amides is 2. The Labute approximate surface area is 225 Å². The number of furan rings is 1. The maximum atomic E-state index is 13.1. The number of aliphatic carboxylic acids is 1. The van der Waals surface area contributed by atoms with Gasteiger partial charge in [-0.25, -0.2) is 4.79 Å². The van der Waals surface area contributed by atoms with Gasteiger partial charge in [0.05, 0.1) is 11.8 Å². The molecule has 1 aliphatic carbocycles. The third-order valence-electron chi connectivity index (χ3n) is 8.23. The van der Waals surface area contributed by atoms with Crippen molar-refractivity contribution < 1.29 is 37.1 Å². The standard InChI is InChI=1S/C26H33N3O3.C2HF3O2/c1-19-21(7-16-32-19)25(31)29-10-8-26(9-11-29)18-20(22-5-3-4-6-23(22)26)17-24(30)28-14-12-27(2)13-15-28;3-2(4,5)1(6)7/h3-7,16,20H,8-15,17-18H2,1-2H3;(H,6,7). The first-order chi connectivity index (χ1) is 18.4. The zero-order valence-electron chi connectivity index (χ0n) is 22.2. The lowest BCUT2D eigenvalue weighted by molar-refractivity contribution is -0.192. The van der Waals surface area contributed by atoms with Crippen molar-refractivity contribution in [1.82, 2.24) is 14.7 Å². The van der Waals surface area contributed by atoms with Crippen LogP contribution in [0.1, 0.15) is 58.8 Å². The molecule has 212 valence electrons. The van der Waals surface area contributed by atoms with Crippen molar-refractivity contribution in [2.75, 3.05) is 46.3 Å². The lowest BCUT2D eigenvalue weighted by Gasteiger charge is -2.40. The molecule has 8 nitrogen and oxygen atoms in total. The predicted octanol–water partition coefficient (Wildman–Crippen LogP) is 4.05. The van der Waals surface area contributed by atoms with Gasteiger partial charge in [0.2, 0.25) is 5.91 Å². The summed E-state index contributed by atoms with van der Waals surface area (Å²) in [7, 11) is 2.11. The Morgan fingerprint density at radius 1 is 1.00 bits per heavy atom. The van der Waals surface area contributed by atoms with Crippen LogP contribution in [0.5, 0.6) is 0 Å². The third kappa shape index (κ3) is 6.29. The van der Waals surface area contributed by atoms with Crippen LogP contribution < -0.4 is 0 Å². The van der Waals surface area contributed by atoms with Crippen molar-refractivity contribution in [2.24, 2.45) is 0 Å². The van der Waals surface area contributed by atoms with Crippen LogP contribution in [0, 0.1) is 6.92 Å². The lowest BCUT2D eigenvalue weighted by atomic mass is 9.73. The minimum absolute atomic E-state index is 0.0687. The number of nitrogens with zero attached hydrogens (tertiary/aromatic N) is 3. The quantitative estimate of drug-likeness (QED) is 0.621. The lowest BCUT2D eigenvalue weighted by Crippen LogP contribution is -2.47. The van der Waals surface area contributed by atoms with Gasteiger partial charge >= 0.3 is 12.1 Å². The maximum absolute atomic E-state index is 13.1. The summed E-state index contributed by atoms with van der Waals surface area (Å²) >= 11 is 0. The molecular weight excluding hydrogens is 515 g/mol. The van der Waals surface area contributed by atoms with E-state index in [4.69, 9.17) is 14.3 Å². The van der Waals surface area contributed by atoms with E-state index in [1.165, 1.54) is 11.1 Å². The highest BCUT2D eigenvalue weighted by Crippen LogP contribution is 2.52. The van der Waals surface area contributed by atoms with Gasteiger partial charge in [-0.1, -0.05) is 24.3 Å². The number of carbonyl (C=O) groups is 3. The number of piperazine rings is 1. The van der Waals surface area contributed by atoms with E-state index in [9.17, 15) is 22.8 Å². The van der Waals surface area contributed by atoms with E-state index in [0.717, 1.165) is 58.5 Å². The summed E-state index contributed by atoms with van der Waals surface area (Å²) in [5.41, 5.74) is 3.50. The van der Waals surface area contributed by atoms with E-state index in [1.54, 1.807) is 12.3 Å². The molecule has 0 radical (unpaired) electrons. The zero-order valence-corrected chi connectivity index (χ0v) is 22.2. The van der Waals surface area contributed by atoms with Crippen molar-refractivity contribution in [3.8, 4) is 0 Å². The van der Waals surface area contributed by atoms with E-state index in [-0.39, 0.29) is 23.1 Å². The highest BCUT2D eigenvalue weighted by Gasteiger charge is 2.46. The fourth-order valence-corrected chi connectivity index (χ4v) is 5.99. The van der Waals surface area contributed by atoms with Crippen molar-refractivity contribution in [2.45, 2.75) is 50.1 Å². The van der Waals surface area contributed by atoms with Crippen molar-refractivity contribution in [1.29, 1.82) is 0 Å². The van der Waals surface area contributed by atoms with Gasteiger partial charge in [0.25, 0.3) is 5.91 Å². The van der Waals surface area contributed by atoms with Gasteiger partial charge in [-0.2, -0.15) is 13.2 Å². The van der Waals surface area contributed by atoms with E-state index in [0.29, 0.717) is 17.7 Å². The van der Waals surface area contributed by atoms with Gasteiger partial charge in [0, 0.05) is 45.7 Å². The Kier molecular flexibility index (Phi) is 8.39. The molecule has 2 saturated heterocycles. The van der Waals surface area contributed by atoms with Crippen molar-refractivity contribution >= 4 is 17.8 Å². The summed E-state index contributed by atoms with van der Waals surface area (Å²) in [6, 6.07) is 10.5. The molecule has 3 aliphatic rings. The van der Waals surface area contributed by atoms with Gasteiger partial charge in [-0.3, -0.25) is 9.59 Å². The van der Waals surface area contributed by atoms with Crippen LogP contribution in [0.25, 0.3) is 0 Å². The van der Waals surface area contributed by atoms with Crippen molar-refractivity contribution in [3.05, 3.63) is 59.0 Å². The molecule has 1 aromatic carbocycles. The summed E-state index contributed by atoms with van der Waals surface area (Å²) in [6.07, 6.45) is 0.0127. The molecule has 11 heteroatoms. The van der Waals surface area contributed by atoms with E-state index in [2.05, 4.69) is 36.2 Å². The number of likely N-dealkylation sites (tertiary alicyclic amines) is 1. The first kappa shape index (κ1) is 28.7. The normalized spacial score (nSPS) is 20.8. The van der Waals surface area contributed by atoms with Crippen LogP contribution in [-0.4, -0.2) is 90.1 Å². The second kappa shape index (κ2) is 11.4. The molecule has 0 bridgehead atoms. The highest BCUT2D eigenvalue weighted by molar-refractivity contribution is 5.95. The highest BCUT2D eigenvalue weighted by atomic mass is 19.4. The molecule has 5 rings (SSSR count). The predicted molar refractivity (Wildman–Crippen MR) is 136 cm³/mol. The number of rotatable bonds is 3. The minimum Gasteiger partial charge on any atom is -0.475 e. The SMILES string of the molecule is Cc1occc1C(=O)N1CCC2(CC1)CC(CC(=O)N1CCN(C)CC1)c1ccccc12.O=C(O)C(F)(F)F. The van der Waals surface area contributed by atoms with Gasteiger partial charge in [0.15, 0.2) is 0 Å². The molecule has 0 saturated carbocycles. The summed E-state index contributed by atoms with van der Waals surface area (Å²) < 4.78 is 37.1. The van der Waals surface area contributed by atoms with E-state index < -0.39 is 12.1 Å². The molecule has 2 aliphatic heterocycles. The Hall–Kier alpha value is -3.34. The average Bonchev–Trinajstić information content (AvgIpc) is 3.46. The zero-order chi connectivity index (χ0) is 28.4. The molecule has 1 unspecified atom stereocenters.